The minimum absolute atomic E-state index is 0.206. The summed E-state index contributed by atoms with van der Waals surface area (Å²) in [4.78, 5) is 22.0. The second-order valence-electron chi connectivity index (χ2n) is 3.91. The number of ether oxygens (including phenoxy) is 1. The van der Waals surface area contributed by atoms with Crippen LogP contribution in [0.5, 0.6) is 0 Å². The van der Waals surface area contributed by atoms with E-state index in [9.17, 15) is 24.9 Å². The number of ketones is 1. The van der Waals surface area contributed by atoms with Gasteiger partial charge >= 0.3 is 5.97 Å². The van der Waals surface area contributed by atoms with E-state index in [-0.39, 0.29) is 6.42 Å². The SMILES string of the molecule is CCCCC(=O)OC[C@@H](O)[C@@H](O)[C@H](O)C(=O)CO. The molecule has 4 N–H and O–H groups in total. The van der Waals surface area contributed by atoms with Crippen molar-refractivity contribution in [3.05, 3.63) is 0 Å². The molecule has 106 valence electrons. The Bertz CT molecular complexity index is 266. The lowest BCUT2D eigenvalue weighted by atomic mass is 10.1. The number of aliphatic hydroxyl groups excluding tert-OH is 4. The molecule has 0 bridgehead atoms. The molecule has 7 heteroatoms. The highest BCUT2D eigenvalue weighted by molar-refractivity contribution is 5.84. The summed E-state index contributed by atoms with van der Waals surface area (Å²) in [5.74, 6) is -1.54. The Hall–Kier alpha value is -1.02. The molecule has 0 aromatic rings. The summed E-state index contributed by atoms with van der Waals surface area (Å²) in [5.41, 5.74) is 0. The molecule has 0 aromatic carbocycles. The first-order valence-electron chi connectivity index (χ1n) is 5.77. The van der Waals surface area contributed by atoms with Crippen molar-refractivity contribution in [2.45, 2.75) is 44.5 Å². The number of esters is 1. The zero-order valence-corrected chi connectivity index (χ0v) is 10.3. The summed E-state index contributed by atoms with van der Waals surface area (Å²) in [7, 11) is 0. The number of Topliss-reactive ketones (excluding diaryl/α,β-unsaturated/α-hetero) is 1. The van der Waals surface area contributed by atoms with Crippen LogP contribution in [0.25, 0.3) is 0 Å². The molecule has 0 saturated heterocycles. The third kappa shape index (κ3) is 6.06. The van der Waals surface area contributed by atoms with E-state index in [4.69, 9.17) is 5.11 Å². The average Bonchev–Trinajstić information content (AvgIpc) is 2.39. The summed E-state index contributed by atoms with van der Waals surface area (Å²) in [6, 6.07) is 0. The molecular weight excluding hydrogens is 244 g/mol. The topological polar surface area (TPSA) is 124 Å². The Morgan fingerprint density at radius 3 is 2.33 bits per heavy atom. The highest BCUT2D eigenvalue weighted by atomic mass is 16.5. The maximum absolute atomic E-state index is 11.1. The Morgan fingerprint density at radius 1 is 1.22 bits per heavy atom. The van der Waals surface area contributed by atoms with Gasteiger partial charge in [-0.25, -0.2) is 0 Å². The molecule has 0 aromatic heterocycles. The second kappa shape index (κ2) is 8.98. The first-order chi connectivity index (χ1) is 8.43. The molecular formula is C11H20O7. The van der Waals surface area contributed by atoms with Gasteiger partial charge in [-0.15, -0.1) is 0 Å². The molecule has 18 heavy (non-hydrogen) atoms. The summed E-state index contributed by atoms with van der Waals surface area (Å²) in [6.07, 6.45) is -3.60. The van der Waals surface area contributed by atoms with Gasteiger partial charge in [0.1, 0.15) is 31.5 Å². The van der Waals surface area contributed by atoms with Crippen LogP contribution < -0.4 is 0 Å². The monoisotopic (exact) mass is 264 g/mol. The maximum atomic E-state index is 11.1. The van der Waals surface area contributed by atoms with E-state index in [1.54, 1.807) is 0 Å². The molecule has 0 radical (unpaired) electrons. The molecule has 0 aliphatic carbocycles. The third-order valence-electron chi connectivity index (χ3n) is 2.35. The zero-order chi connectivity index (χ0) is 14.1. The van der Waals surface area contributed by atoms with E-state index in [1.165, 1.54) is 0 Å². The quantitative estimate of drug-likeness (QED) is 0.368. The van der Waals surface area contributed by atoms with Crippen LogP contribution in [0.1, 0.15) is 26.2 Å². The summed E-state index contributed by atoms with van der Waals surface area (Å²) in [5, 5.41) is 36.4. The first kappa shape index (κ1) is 17.0. The number of hydrogen-bond donors (Lipinski definition) is 4. The van der Waals surface area contributed by atoms with E-state index in [1.807, 2.05) is 6.92 Å². The highest BCUT2D eigenvalue weighted by Crippen LogP contribution is 2.04. The van der Waals surface area contributed by atoms with Gasteiger partial charge in [0.25, 0.3) is 0 Å². The third-order valence-corrected chi connectivity index (χ3v) is 2.35. The molecule has 0 fully saturated rings. The number of aliphatic hydroxyl groups is 4. The smallest absolute Gasteiger partial charge is 0.305 e. The van der Waals surface area contributed by atoms with Crippen molar-refractivity contribution in [1.29, 1.82) is 0 Å². The fourth-order valence-electron chi connectivity index (χ4n) is 1.16. The molecule has 0 heterocycles. The lowest BCUT2D eigenvalue weighted by Crippen LogP contribution is -2.45. The summed E-state index contributed by atoms with van der Waals surface area (Å²) >= 11 is 0. The predicted octanol–water partition coefficient (Wildman–Crippen LogP) is -1.64. The van der Waals surface area contributed by atoms with Gasteiger partial charge in [-0.3, -0.25) is 9.59 Å². The van der Waals surface area contributed by atoms with Crippen LogP contribution in [-0.4, -0.2) is 63.7 Å². The number of carbonyl (C=O) groups is 2. The summed E-state index contributed by atoms with van der Waals surface area (Å²) in [6.45, 7) is 0.448. The van der Waals surface area contributed by atoms with Crippen molar-refractivity contribution in [1.82, 2.24) is 0 Å². The largest absolute Gasteiger partial charge is 0.463 e. The van der Waals surface area contributed by atoms with Crippen molar-refractivity contribution >= 4 is 11.8 Å². The van der Waals surface area contributed by atoms with Gasteiger partial charge in [0.05, 0.1) is 0 Å². The zero-order valence-electron chi connectivity index (χ0n) is 10.3. The number of hydrogen-bond acceptors (Lipinski definition) is 7. The molecule has 7 nitrogen and oxygen atoms in total. The van der Waals surface area contributed by atoms with Gasteiger partial charge in [0.2, 0.25) is 0 Å². The van der Waals surface area contributed by atoms with Crippen molar-refractivity contribution < 1.29 is 34.8 Å². The van der Waals surface area contributed by atoms with Crippen molar-refractivity contribution in [3.8, 4) is 0 Å². The Morgan fingerprint density at radius 2 is 1.83 bits per heavy atom. The first-order valence-corrected chi connectivity index (χ1v) is 5.77. The van der Waals surface area contributed by atoms with Crippen LogP contribution in [-0.2, 0) is 14.3 Å². The van der Waals surface area contributed by atoms with E-state index in [0.717, 1.165) is 6.42 Å². The normalized spacial score (nSPS) is 15.8. The van der Waals surface area contributed by atoms with Crippen LogP contribution in [0.2, 0.25) is 0 Å². The van der Waals surface area contributed by atoms with E-state index < -0.39 is 43.3 Å². The molecule has 0 spiro atoms. The van der Waals surface area contributed by atoms with Gasteiger partial charge in [-0.1, -0.05) is 13.3 Å². The van der Waals surface area contributed by atoms with E-state index in [2.05, 4.69) is 4.74 Å². The van der Waals surface area contributed by atoms with Gasteiger partial charge in [0.15, 0.2) is 5.78 Å². The van der Waals surface area contributed by atoms with Crippen molar-refractivity contribution in [2.24, 2.45) is 0 Å². The fourth-order valence-corrected chi connectivity index (χ4v) is 1.16. The van der Waals surface area contributed by atoms with Crippen LogP contribution >= 0.6 is 0 Å². The van der Waals surface area contributed by atoms with Crippen molar-refractivity contribution in [2.75, 3.05) is 13.2 Å². The average molecular weight is 264 g/mol. The van der Waals surface area contributed by atoms with Crippen LogP contribution in [0.4, 0.5) is 0 Å². The Labute approximate surface area is 105 Å². The predicted molar refractivity (Wildman–Crippen MR) is 60.6 cm³/mol. The van der Waals surface area contributed by atoms with Crippen LogP contribution in [0, 0.1) is 0 Å². The van der Waals surface area contributed by atoms with E-state index >= 15 is 0 Å². The fraction of sp³-hybridized carbons (Fsp3) is 0.818. The van der Waals surface area contributed by atoms with Gasteiger partial charge in [0, 0.05) is 6.42 Å². The van der Waals surface area contributed by atoms with Gasteiger partial charge in [-0.2, -0.15) is 0 Å². The minimum atomic E-state index is -1.90. The molecule has 0 unspecified atom stereocenters. The lowest BCUT2D eigenvalue weighted by molar-refractivity contribution is -0.154. The number of rotatable bonds is 9. The Kier molecular flexibility index (Phi) is 8.47. The lowest BCUT2D eigenvalue weighted by Gasteiger charge is -2.21. The minimum Gasteiger partial charge on any atom is -0.463 e. The highest BCUT2D eigenvalue weighted by Gasteiger charge is 2.30. The molecule has 0 aliphatic heterocycles. The second-order valence-corrected chi connectivity index (χ2v) is 3.91. The Balaban J connectivity index is 4.04. The molecule has 3 atom stereocenters. The van der Waals surface area contributed by atoms with Crippen LogP contribution in [0.3, 0.4) is 0 Å². The molecule has 0 aliphatic rings. The molecule has 0 amide bonds. The van der Waals surface area contributed by atoms with Gasteiger partial charge in [-0.05, 0) is 6.42 Å². The number of unbranched alkanes of at least 4 members (excludes halogenated alkanes) is 1. The maximum Gasteiger partial charge on any atom is 0.305 e. The van der Waals surface area contributed by atoms with Crippen LogP contribution in [0.15, 0.2) is 0 Å². The molecule has 0 saturated carbocycles. The van der Waals surface area contributed by atoms with Crippen molar-refractivity contribution in [3.63, 3.8) is 0 Å². The summed E-state index contributed by atoms with van der Waals surface area (Å²) < 4.78 is 4.66. The number of carbonyl (C=O) groups excluding carboxylic acids is 2. The van der Waals surface area contributed by atoms with Gasteiger partial charge < -0.3 is 25.2 Å². The van der Waals surface area contributed by atoms with E-state index in [0.29, 0.717) is 6.42 Å². The standard InChI is InChI=1S/C11H20O7/c1-2-3-4-9(15)18-6-8(14)11(17)10(16)7(13)5-12/h8,10-12,14,16-17H,2-6H2,1H3/t8-,10-,11-/m1/s1. The molecule has 0 rings (SSSR count).